The van der Waals surface area contributed by atoms with Gasteiger partial charge in [0.25, 0.3) is 0 Å². The minimum Gasteiger partial charge on any atom is -0.485 e. The normalized spacial score (nSPS) is 19.4. The Bertz CT molecular complexity index is 930. The molecule has 4 rings (SSSR count). The van der Waals surface area contributed by atoms with Gasteiger partial charge in [-0.3, -0.25) is 9.59 Å². The van der Waals surface area contributed by atoms with E-state index in [1.54, 1.807) is 30.3 Å². The average Bonchev–Trinajstić information content (AvgIpc) is 2.60. The Morgan fingerprint density at radius 3 is 2.17 bits per heavy atom. The van der Waals surface area contributed by atoms with Gasteiger partial charge in [0, 0.05) is 22.3 Å². The molecule has 118 valence electrons. The van der Waals surface area contributed by atoms with Gasteiger partial charge < -0.3 is 4.74 Å². The van der Waals surface area contributed by atoms with Crippen molar-refractivity contribution in [2.75, 3.05) is 0 Å². The Morgan fingerprint density at radius 2 is 1.50 bits per heavy atom. The molecule has 1 aliphatic heterocycles. The van der Waals surface area contributed by atoms with Crippen LogP contribution < -0.4 is 0 Å². The highest BCUT2D eigenvalue weighted by atomic mass is 16.5. The van der Waals surface area contributed by atoms with E-state index in [0.29, 0.717) is 28.0 Å². The van der Waals surface area contributed by atoms with Crippen LogP contribution in [0.1, 0.15) is 38.8 Å². The van der Waals surface area contributed by atoms with Crippen molar-refractivity contribution in [1.29, 1.82) is 0 Å². The highest BCUT2D eigenvalue weighted by Crippen LogP contribution is 2.36. The first kappa shape index (κ1) is 14.6. The number of aryl methyl sites for hydroxylation is 1. The summed E-state index contributed by atoms with van der Waals surface area (Å²) in [5, 5.41) is 0. The summed E-state index contributed by atoms with van der Waals surface area (Å²) < 4.78 is 5.95. The van der Waals surface area contributed by atoms with Crippen molar-refractivity contribution in [2.24, 2.45) is 0 Å². The molecule has 1 aliphatic carbocycles. The summed E-state index contributed by atoms with van der Waals surface area (Å²) in [5.41, 5.74) is 3.89. The largest absolute Gasteiger partial charge is 0.485 e. The van der Waals surface area contributed by atoms with E-state index in [1.807, 2.05) is 38.1 Å². The van der Waals surface area contributed by atoms with E-state index in [0.717, 1.165) is 11.1 Å². The second-order valence-corrected chi connectivity index (χ2v) is 6.17. The molecule has 0 saturated heterocycles. The fourth-order valence-corrected chi connectivity index (χ4v) is 3.24. The van der Waals surface area contributed by atoms with Crippen LogP contribution >= 0.6 is 0 Å². The molecule has 24 heavy (non-hydrogen) atoms. The molecular formula is C21H16O3. The fraction of sp³-hybridized carbons (Fsp3) is 0.143. The van der Waals surface area contributed by atoms with Crippen LogP contribution in [-0.2, 0) is 4.74 Å². The molecule has 0 amide bonds. The lowest BCUT2D eigenvalue weighted by atomic mass is 9.80. The van der Waals surface area contributed by atoms with Crippen LogP contribution in [0.25, 0.3) is 5.76 Å². The second kappa shape index (κ2) is 5.31. The highest BCUT2D eigenvalue weighted by molar-refractivity contribution is 6.28. The number of benzene rings is 2. The van der Waals surface area contributed by atoms with Crippen molar-refractivity contribution < 1.29 is 14.3 Å². The predicted molar refractivity (Wildman–Crippen MR) is 91.8 cm³/mol. The van der Waals surface area contributed by atoms with Gasteiger partial charge in [0.1, 0.15) is 11.9 Å². The van der Waals surface area contributed by atoms with Gasteiger partial charge in [0.2, 0.25) is 0 Å². The summed E-state index contributed by atoms with van der Waals surface area (Å²) in [6, 6.07) is 14.9. The maximum Gasteiger partial charge on any atom is 0.194 e. The summed E-state index contributed by atoms with van der Waals surface area (Å²) >= 11 is 0. The molecule has 1 unspecified atom stereocenters. The number of hydrogen-bond acceptors (Lipinski definition) is 3. The molecule has 0 saturated carbocycles. The van der Waals surface area contributed by atoms with Crippen molar-refractivity contribution in [2.45, 2.75) is 20.0 Å². The molecule has 2 aromatic carbocycles. The van der Waals surface area contributed by atoms with Crippen molar-refractivity contribution in [1.82, 2.24) is 0 Å². The van der Waals surface area contributed by atoms with E-state index in [-0.39, 0.29) is 11.6 Å². The lowest BCUT2D eigenvalue weighted by Gasteiger charge is -2.29. The second-order valence-electron chi connectivity index (χ2n) is 6.17. The monoisotopic (exact) mass is 316 g/mol. The lowest BCUT2D eigenvalue weighted by Crippen LogP contribution is -2.30. The molecule has 3 nitrogen and oxygen atoms in total. The smallest absolute Gasteiger partial charge is 0.194 e. The summed E-state index contributed by atoms with van der Waals surface area (Å²) in [4.78, 5) is 25.6. The molecule has 0 radical (unpaired) electrons. The number of rotatable bonds is 1. The number of fused-ring (bicyclic) bond motifs is 1. The standard InChI is InChI=1S/C21H16O3/c1-12-7-9-14(10-8-12)18-11-17-19(13(2)24-18)21(23)16-6-4-3-5-15(16)20(17)22/h3-11,13H,1-2H3. The fourth-order valence-electron chi connectivity index (χ4n) is 3.24. The van der Waals surface area contributed by atoms with E-state index in [2.05, 4.69) is 0 Å². The van der Waals surface area contributed by atoms with Gasteiger partial charge in [-0.1, -0.05) is 54.1 Å². The molecule has 1 atom stereocenters. The van der Waals surface area contributed by atoms with Crippen molar-refractivity contribution >= 4 is 17.3 Å². The molecule has 0 fully saturated rings. The van der Waals surface area contributed by atoms with E-state index in [9.17, 15) is 9.59 Å². The molecule has 0 bridgehead atoms. The SMILES string of the molecule is Cc1ccc(C2=CC3=C(C(=O)c4ccccc4C3=O)C(C)O2)cc1. The Kier molecular flexibility index (Phi) is 3.24. The summed E-state index contributed by atoms with van der Waals surface area (Å²) in [5.74, 6) is 0.397. The number of ketones is 2. The average molecular weight is 316 g/mol. The zero-order chi connectivity index (χ0) is 16.8. The minimum atomic E-state index is -0.453. The van der Waals surface area contributed by atoms with E-state index >= 15 is 0 Å². The Morgan fingerprint density at radius 1 is 0.875 bits per heavy atom. The third-order valence-corrected chi connectivity index (χ3v) is 4.52. The topological polar surface area (TPSA) is 43.4 Å². The van der Waals surface area contributed by atoms with Crippen molar-refractivity contribution in [3.8, 4) is 0 Å². The van der Waals surface area contributed by atoms with Crippen LogP contribution in [0.5, 0.6) is 0 Å². The summed E-state index contributed by atoms with van der Waals surface area (Å²) in [6.45, 7) is 3.83. The number of carbonyl (C=O) groups is 2. The van der Waals surface area contributed by atoms with Gasteiger partial charge >= 0.3 is 0 Å². The highest BCUT2D eigenvalue weighted by Gasteiger charge is 2.37. The minimum absolute atomic E-state index is 0.111. The molecule has 2 aliphatic rings. The first-order valence-corrected chi connectivity index (χ1v) is 7.94. The third-order valence-electron chi connectivity index (χ3n) is 4.52. The van der Waals surface area contributed by atoms with Gasteiger partial charge in [-0.05, 0) is 19.9 Å². The maximum absolute atomic E-state index is 12.9. The molecule has 0 N–H and O–H groups in total. The zero-order valence-corrected chi connectivity index (χ0v) is 13.5. The number of ether oxygens (including phenoxy) is 1. The third kappa shape index (κ3) is 2.13. The van der Waals surface area contributed by atoms with Gasteiger partial charge in [-0.15, -0.1) is 0 Å². The molecule has 2 aromatic rings. The van der Waals surface area contributed by atoms with Crippen LogP contribution in [0.4, 0.5) is 0 Å². The summed E-state index contributed by atoms with van der Waals surface area (Å²) in [7, 11) is 0. The van der Waals surface area contributed by atoms with Crippen molar-refractivity contribution in [3.63, 3.8) is 0 Å². The van der Waals surface area contributed by atoms with Gasteiger partial charge in [-0.25, -0.2) is 0 Å². The Labute approximate surface area is 140 Å². The van der Waals surface area contributed by atoms with E-state index in [1.165, 1.54) is 0 Å². The number of allylic oxidation sites excluding steroid dienone is 2. The Hall–Kier alpha value is -2.94. The van der Waals surface area contributed by atoms with Crippen LogP contribution in [0.2, 0.25) is 0 Å². The first-order valence-electron chi connectivity index (χ1n) is 7.94. The number of hydrogen-bond donors (Lipinski definition) is 0. The first-order chi connectivity index (χ1) is 11.6. The zero-order valence-electron chi connectivity index (χ0n) is 13.5. The molecule has 0 aromatic heterocycles. The van der Waals surface area contributed by atoms with Crippen LogP contribution in [-0.4, -0.2) is 17.7 Å². The lowest BCUT2D eigenvalue weighted by molar-refractivity contribution is 0.0938. The number of Topliss-reactive ketones (excluding diaryl/α,β-unsaturated/α-hetero) is 2. The number of carbonyl (C=O) groups excluding carboxylic acids is 2. The maximum atomic E-state index is 12.9. The quantitative estimate of drug-likeness (QED) is 0.794. The predicted octanol–water partition coefficient (Wildman–Crippen LogP) is 4.13. The van der Waals surface area contributed by atoms with E-state index < -0.39 is 6.10 Å². The van der Waals surface area contributed by atoms with Gasteiger partial charge in [0.15, 0.2) is 11.6 Å². The molecular weight excluding hydrogens is 300 g/mol. The summed E-state index contributed by atoms with van der Waals surface area (Å²) in [6.07, 6.45) is 1.25. The molecule has 3 heteroatoms. The molecule has 0 spiro atoms. The van der Waals surface area contributed by atoms with Crippen molar-refractivity contribution in [3.05, 3.63) is 88.0 Å². The van der Waals surface area contributed by atoms with Gasteiger partial charge in [-0.2, -0.15) is 0 Å². The van der Waals surface area contributed by atoms with E-state index in [4.69, 9.17) is 4.74 Å². The van der Waals surface area contributed by atoms with Crippen LogP contribution in [0.15, 0.2) is 65.8 Å². The van der Waals surface area contributed by atoms with Crippen LogP contribution in [0.3, 0.4) is 0 Å². The molecule has 1 heterocycles. The van der Waals surface area contributed by atoms with Gasteiger partial charge in [0.05, 0.1) is 5.57 Å². The van der Waals surface area contributed by atoms with Crippen LogP contribution in [0, 0.1) is 6.92 Å². The Balaban J connectivity index is 1.86.